The van der Waals surface area contributed by atoms with Crippen LogP contribution in [0, 0.1) is 52.8 Å². The highest BCUT2D eigenvalue weighted by Gasteiger charge is 2.50. The molecule has 11 atom stereocenters. The molecule has 6 fully saturated rings. The van der Waals surface area contributed by atoms with E-state index in [4.69, 9.17) is 4.74 Å². The predicted octanol–water partition coefficient (Wildman–Crippen LogP) is 6.42. The molecule has 0 aromatic carbocycles. The Morgan fingerprint density at radius 1 is 0.784 bits per heavy atom. The van der Waals surface area contributed by atoms with E-state index in [0.29, 0.717) is 35.5 Å². The molecule has 7 aliphatic rings. The van der Waals surface area contributed by atoms with Gasteiger partial charge >= 0.3 is 0 Å². The van der Waals surface area contributed by atoms with E-state index in [-0.39, 0.29) is 0 Å². The number of allylic oxidation sites excluding steroid dienone is 1. The van der Waals surface area contributed by atoms with Crippen molar-refractivity contribution in [3.63, 3.8) is 0 Å². The average molecular weight is 524 g/mol. The van der Waals surface area contributed by atoms with Crippen molar-refractivity contribution in [1.29, 1.82) is 5.26 Å². The van der Waals surface area contributed by atoms with Crippen LogP contribution in [-0.4, -0.2) is 41.8 Å². The number of thioether (sulfide) groups is 1. The molecule has 204 valence electrons. The van der Waals surface area contributed by atoms with Crippen molar-refractivity contribution in [2.24, 2.45) is 41.4 Å². The van der Waals surface area contributed by atoms with Crippen LogP contribution in [0.5, 0.6) is 0 Å². The Bertz CT molecular complexity index is 893. The zero-order chi connectivity index (χ0) is 24.9. The molecule has 11 unspecified atom stereocenters. The Balaban J connectivity index is 0.890. The summed E-state index contributed by atoms with van der Waals surface area (Å²) in [7, 11) is 2.13. The van der Waals surface area contributed by atoms with Crippen LogP contribution < -0.4 is 10.6 Å². The van der Waals surface area contributed by atoms with Gasteiger partial charge in [0.25, 0.3) is 0 Å². The van der Waals surface area contributed by atoms with Gasteiger partial charge in [0.1, 0.15) is 0 Å². The lowest BCUT2D eigenvalue weighted by atomic mass is 9.66. The molecule has 4 nitrogen and oxygen atoms in total. The molecule has 0 spiro atoms. The highest BCUT2D eigenvalue weighted by molar-refractivity contribution is 8.01. The maximum absolute atomic E-state index is 9.41. The summed E-state index contributed by atoms with van der Waals surface area (Å²) in [6, 6.07) is 3.93. The zero-order valence-electron chi connectivity index (χ0n) is 23.0. The van der Waals surface area contributed by atoms with Crippen molar-refractivity contribution in [3.8, 4) is 6.07 Å². The molecule has 2 aliphatic heterocycles. The molecular weight excluding hydrogens is 474 g/mol. The van der Waals surface area contributed by atoms with Gasteiger partial charge in [-0.1, -0.05) is 6.08 Å². The fourth-order valence-corrected chi connectivity index (χ4v) is 12.3. The van der Waals surface area contributed by atoms with Gasteiger partial charge in [-0.25, -0.2) is 0 Å². The molecule has 4 saturated carbocycles. The van der Waals surface area contributed by atoms with Gasteiger partial charge < -0.3 is 15.4 Å². The molecule has 0 radical (unpaired) electrons. The monoisotopic (exact) mass is 523 g/mol. The minimum absolute atomic E-state index is 0.316. The number of nitrogens with zero attached hydrogens (tertiary/aromatic N) is 1. The number of rotatable bonds is 4. The first kappa shape index (κ1) is 25.3. The van der Waals surface area contributed by atoms with Crippen molar-refractivity contribution in [1.82, 2.24) is 10.6 Å². The summed E-state index contributed by atoms with van der Waals surface area (Å²) in [6.07, 6.45) is 23.7. The molecule has 0 bridgehead atoms. The molecule has 2 heterocycles. The Morgan fingerprint density at radius 3 is 2.32 bits per heavy atom. The lowest BCUT2D eigenvalue weighted by molar-refractivity contribution is -0.0176. The first-order valence-corrected chi connectivity index (χ1v) is 17.0. The Morgan fingerprint density at radius 2 is 1.51 bits per heavy atom. The van der Waals surface area contributed by atoms with Gasteiger partial charge in [-0.2, -0.15) is 17.0 Å². The van der Waals surface area contributed by atoms with E-state index in [1.165, 1.54) is 83.5 Å². The van der Waals surface area contributed by atoms with E-state index in [0.717, 1.165) is 53.6 Å². The minimum Gasteiger partial charge on any atom is -0.386 e. The van der Waals surface area contributed by atoms with Crippen LogP contribution in [0.25, 0.3) is 0 Å². The van der Waals surface area contributed by atoms with E-state index in [1.807, 2.05) is 0 Å². The summed E-state index contributed by atoms with van der Waals surface area (Å²) in [6.45, 7) is 0. The van der Waals surface area contributed by atoms with Crippen LogP contribution in [-0.2, 0) is 4.74 Å². The van der Waals surface area contributed by atoms with Gasteiger partial charge in [0.05, 0.1) is 18.3 Å². The van der Waals surface area contributed by atoms with E-state index < -0.39 is 0 Å². The summed E-state index contributed by atoms with van der Waals surface area (Å²) in [5.41, 5.74) is 1.55. The van der Waals surface area contributed by atoms with Gasteiger partial charge in [-0.05, 0) is 139 Å². The summed E-state index contributed by atoms with van der Waals surface area (Å²) in [5.74, 6) is 5.62. The summed E-state index contributed by atoms with van der Waals surface area (Å²) in [5, 5.41) is 18.4. The molecular formula is C32H49N3OS. The predicted molar refractivity (Wildman–Crippen MR) is 151 cm³/mol. The number of ether oxygens (including phenoxy) is 1. The van der Waals surface area contributed by atoms with Crippen molar-refractivity contribution >= 4 is 11.8 Å². The van der Waals surface area contributed by atoms with E-state index in [2.05, 4.69) is 41.6 Å². The smallest absolute Gasteiger partial charge is 0.0656 e. The first-order valence-electron chi connectivity index (χ1n) is 16.0. The first-order chi connectivity index (χ1) is 18.2. The molecule has 2 saturated heterocycles. The molecule has 0 aromatic heterocycles. The fourth-order valence-electron chi connectivity index (χ4n) is 10.3. The van der Waals surface area contributed by atoms with Gasteiger partial charge in [0, 0.05) is 34.2 Å². The SMILES string of the molecule is CNC1CCC2C(C1)OC1CC(C3CCC(NC4=CC5SC6CC(C#N)CCC6C5CC4)CC3)CCC12. The molecule has 0 aromatic rings. The van der Waals surface area contributed by atoms with Gasteiger partial charge in [0.15, 0.2) is 0 Å². The van der Waals surface area contributed by atoms with Crippen LogP contribution in [0.2, 0.25) is 0 Å². The van der Waals surface area contributed by atoms with Crippen molar-refractivity contribution in [3.05, 3.63) is 11.8 Å². The number of nitrogens with one attached hydrogen (secondary N) is 2. The Labute approximate surface area is 229 Å². The zero-order valence-corrected chi connectivity index (χ0v) is 23.8. The summed E-state index contributed by atoms with van der Waals surface area (Å²) < 4.78 is 6.75. The van der Waals surface area contributed by atoms with E-state index in [9.17, 15) is 5.26 Å². The fraction of sp³-hybridized carbons (Fsp3) is 0.906. The van der Waals surface area contributed by atoms with E-state index in [1.54, 1.807) is 5.70 Å². The third-order valence-electron chi connectivity index (χ3n) is 12.3. The second kappa shape index (κ2) is 10.7. The number of fused-ring (bicyclic) bond motifs is 6. The van der Waals surface area contributed by atoms with E-state index >= 15 is 0 Å². The standard InChI is InChI=1S/C32H49N3OS/c1-34-23-8-12-26-25-11-5-21(15-29(25)36-30(26)16-23)20-3-6-22(7-4-20)35-24-9-13-28-27-10-2-19(18-33)14-31(27)37-32(28)17-24/h17,19-23,25-32,34-35H,2-16H2,1H3. The van der Waals surface area contributed by atoms with Crippen LogP contribution in [0.1, 0.15) is 96.3 Å². The minimum atomic E-state index is 0.316. The van der Waals surface area contributed by atoms with Crippen molar-refractivity contribution < 1.29 is 4.74 Å². The topological polar surface area (TPSA) is 57.1 Å². The lowest BCUT2D eigenvalue weighted by Gasteiger charge is -2.41. The van der Waals surface area contributed by atoms with Crippen molar-refractivity contribution in [2.45, 2.75) is 131 Å². The highest BCUT2D eigenvalue weighted by Crippen LogP contribution is 2.55. The normalized spacial score (nSPS) is 51.1. The molecule has 5 aliphatic carbocycles. The Kier molecular flexibility index (Phi) is 7.31. The van der Waals surface area contributed by atoms with Gasteiger partial charge in [-0.15, -0.1) is 0 Å². The quantitative estimate of drug-likeness (QED) is 0.445. The number of hydrogen-bond acceptors (Lipinski definition) is 5. The van der Waals surface area contributed by atoms with Crippen molar-refractivity contribution in [2.75, 3.05) is 7.05 Å². The van der Waals surface area contributed by atoms with Crippen LogP contribution in [0.15, 0.2) is 11.8 Å². The number of nitriles is 1. The maximum Gasteiger partial charge on any atom is 0.0656 e. The van der Waals surface area contributed by atoms with Crippen LogP contribution >= 0.6 is 11.8 Å². The Hall–Kier alpha value is -0.700. The lowest BCUT2D eigenvalue weighted by Crippen LogP contribution is -2.39. The van der Waals surface area contributed by atoms with Crippen LogP contribution in [0.3, 0.4) is 0 Å². The molecule has 2 N–H and O–H groups in total. The summed E-state index contributed by atoms with van der Waals surface area (Å²) in [4.78, 5) is 0. The van der Waals surface area contributed by atoms with Crippen LogP contribution in [0.4, 0.5) is 0 Å². The second-order valence-corrected chi connectivity index (χ2v) is 15.4. The average Bonchev–Trinajstić information content (AvgIpc) is 3.49. The second-order valence-electron chi connectivity index (χ2n) is 14.0. The molecule has 0 amide bonds. The number of hydrogen-bond donors (Lipinski definition) is 2. The molecule has 37 heavy (non-hydrogen) atoms. The van der Waals surface area contributed by atoms with Gasteiger partial charge in [0.2, 0.25) is 0 Å². The third-order valence-corrected chi connectivity index (χ3v) is 14.0. The molecule has 7 rings (SSSR count). The van der Waals surface area contributed by atoms with Gasteiger partial charge in [-0.3, -0.25) is 0 Å². The maximum atomic E-state index is 9.41. The molecule has 5 heteroatoms. The summed E-state index contributed by atoms with van der Waals surface area (Å²) >= 11 is 2.22. The largest absolute Gasteiger partial charge is 0.386 e. The third kappa shape index (κ3) is 4.91. The highest BCUT2D eigenvalue weighted by atomic mass is 32.2.